The average Bonchev–Trinajstić information content (AvgIpc) is 2.18. The summed E-state index contributed by atoms with van der Waals surface area (Å²) in [6, 6.07) is 0. The van der Waals surface area contributed by atoms with Crippen molar-refractivity contribution in [3.63, 3.8) is 0 Å². The van der Waals surface area contributed by atoms with E-state index in [-0.39, 0.29) is 5.92 Å². The van der Waals surface area contributed by atoms with Crippen LogP contribution in [0.1, 0.15) is 46.0 Å². The Balaban J connectivity index is 2.61. The van der Waals surface area contributed by atoms with E-state index in [9.17, 15) is 10.2 Å². The second-order valence-electron chi connectivity index (χ2n) is 4.66. The smallest absolute Gasteiger partial charge is 0.0945 e. The Hall–Kier alpha value is -0.760. The lowest BCUT2D eigenvalue weighted by atomic mass is 9.89. The monoisotopic (exact) mass is 210 g/mol. The Labute approximate surface area is 92.3 Å². The van der Waals surface area contributed by atoms with Crippen molar-refractivity contribution in [1.29, 1.82) is 0 Å². The van der Waals surface area contributed by atoms with Gasteiger partial charge < -0.3 is 10.2 Å². The highest BCUT2D eigenvalue weighted by Crippen LogP contribution is 2.26. The third kappa shape index (κ3) is 4.08. The number of hydrogen-bond donors (Lipinski definition) is 2. The molecule has 0 saturated carbocycles. The van der Waals surface area contributed by atoms with Gasteiger partial charge in [-0.1, -0.05) is 25.5 Å². The van der Waals surface area contributed by atoms with Crippen LogP contribution in [0.25, 0.3) is 0 Å². The van der Waals surface area contributed by atoms with E-state index in [4.69, 9.17) is 0 Å². The molecule has 2 heteroatoms. The zero-order valence-corrected chi connectivity index (χ0v) is 9.74. The molecule has 2 N–H and O–H groups in total. The molecule has 0 saturated heterocycles. The fourth-order valence-electron chi connectivity index (χ4n) is 2.08. The van der Waals surface area contributed by atoms with Crippen molar-refractivity contribution in [3.8, 4) is 0 Å². The molecule has 0 aliphatic heterocycles. The fraction of sp³-hybridized carbons (Fsp3) is 0.692. The van der Waals surface area contributed by atoms with E-state index in [1.807, 2.05) is 6.92 Å². The Bertz CT molecular complexity index is 251. The highest BCUT2D eigenvalue weighted by molar-refractivity contribution is 5.09. The summed E-state index contributed by atoms with van der Waals surface area (Å²) in [4.78, 5) is 0. The highest BCUT2D eigenvalue weighted by Gasteiger charge is 2.21. The minimum absolute atomic E-state index is 0.207. The van der Waals surface area contributed by atoms with Crippen molar-refractivity contribution in [3.05, 3.63) is 24.0 Å². The number of aliphatic hydroxyl groups excluding tert-OH is 1. The lowest BCUT2D eigenvalue weighted by Crippen LogP contribution is -2.22. The van der Waals surface area contributed by atoms with E-state index in [1.54, 1.807) is 13.0 Å². The van der Waals surface area contributed by atoms with Crippen LogP contribution in [0.2, 0.25) is 0 Å². The minimum atomic E-state index is -0.861. The number of rotatable bonds is 4. The van der Waals surface area contributed by atoms with Crippen molar-refractivity contribution in [2.75, 3.05) is 0 Å². The van der Waals surface area contributed by atoms with Gasteiger partial charge in [0.2, 0.25) is 0 Å². The van der Waals surface area contributed by atoms with E-state index >= 15 is 0 Å². The Morgan fingerprint density at radius 1 is 1.53 bits per heavy atom. The van der Waals surface area contributed by atoms with Crippen molar-refractivity contribution < 1.29 is 10.2 Å². The fourth-order valence-corrected chi connectivity index (χ4v) is 2.08. The minimum Gasteiger partial charge on any atom is -0.512 e. The summed E-state index contributed by atoms with van der Waals surface area (Å²) in [7, 11) is 0. The first-order valence-electron chi connectivity index (χ1n) is 5.84. The molecule has 0 bridgehead atoms. The zero-order chi connectivity index (χ0) is 11.3. The van der Waals surface area contributed by atoms with Crippen molar-refractivity contribution in [2.45, 2.75) is 51.6 Å². The molecule has 0 aromatic carbocycles. The molecule has 0 aromatic heterocycles. The maximum atomic E-state index is 9.96. The molecule has 0 amide bonds. The van der Waals surface area contributed by atoms with Gasteiger partial charge in [0, 0.05) is 5.92 Å². The Kier molecular flexibility index (Phi) is 4.40. The topological polar surface area (TPSA) is 40.5 Å². The normalized spacial score (nSPS) is 26.3. The van der Waals surface area contributed by atoms with E-state index in [0.29, 0.717) is 12.2 Å². The first-order valence-corrected chi connectivity index (χ1v) is 5.84. The predicted octanol–water partition coefficient (Wildman–Crippen LogP) is 3.34. The lowest BCUT2D eigenvalue weighted by molar-refractivity contribution is 0.0947. The van der Waals surface area contributed by atoms with Gasteiger partial charge in [0.15, 0.2) is 0 Å². The maximum absolute atomic E-state index is 9.96. The molecule has 2 nitrogen and oxygen atoms in total. The first-order chi connectivity index (χ1) is 7.05. The van der Waals surface area contributed by atoms with Crippen LogP contribution in [0.15, 0.2) is 24.0 Å². The zero-order valence-electron chi connectivity index (χ0n) is 9.74. The van der Waals surface area contributed by atoms with Crippen molar-refractivity contribution >= 4 is 0 Å². The summed E-state index contributed by atoms with van der Waals surface area (Å²) in [5, 5.41) is 19.9. The standard InChI is InChI=1S/C13H22O2/c1-3-9-13(2,15)10-12(14)11-7-5-4-6-8-11/h4-5,10-11,14-15H,3,6-9H2,1-2H3/b12-10-. The molecule has 2 atom stereocenters. The second kappa shape index (κ2) is 5.36. The Morgan fingerprint density at radius 2 is 2.27 bits per heavy atom. The maximum Gasteiger partial charge on any atom is 0.0945 e. The highest BCUT2D eigenvalue weighted by atomic mass is 16.3. The van der Waals surface area contributed by atoms with Gasteiger partial charge in [0.1, 0.15) is 0 Å². The van der Waals surface area contributed by atoms with Crippen molar-refractivity contribution in [2.24, 2.45) is 5.92 Å². The summed E-state index contributed by atoms with van der Waals surface area (Å²) >= 11 is 0. The lowest BCUT2D eigenvalue weighted by Gasteiger charge is -2.22. The third-order valence-electron chi connectivity index (χ3n) is 2.90. The van der Waals surface area contributed by atoms with Gasteiger partial charge in [0.05, 0.1) is 11.4 Å². The molecular weight excluding hydrogens is 188 g/mol. The van der Waals surface area contributed by atoms with Crippen LogP contribution < -0.4 is 0 Å². The van der Waals surface area contributed by atoms with Gasteiger partial charge in [-0.15, -0.1) is 0 Å². The molecule has 0 fully saturated rings. The molecule has 0 spiro atoms. The van der Waals surface area contributed by atoms with E-state index in [0.717, 1.165) is 25.7 Å². The molecule has 1 rings (SSSR count). The van der Waals surface area contributed by atoms with Gasteiger partial charge in [0.25, 0.3) is 0 Å². The second-order valence-corrected chi connectivity index (χ2v) is 4.66. The molecular formula is C13H22O2. The van der Waals surface area contributed by atoms with E-state index in [1.165, 1.54) is 0 Å². The van der Waals surface area contributed by atoms with Crippen LogP contribution in [0.4, 0.5) is 0 Å². The summed E-state index contributed by atoms with van der Waals surface area (Å²) in [5.41, 5.74) is -0.861. The molecule has 15 heavy (non-hydrogen) atoms. The number of hydrogen-bond acceptors (Lipinski definition) is 2. The molecule has 2 unspecified atom stereocenters. The molecule has 1 aliphatic carbocycles. The predicted molar refractivity (Wildman–Crippen MR) is 62.7 cm³/mol. The molecule has 0 aromatic rings. The summed E-state index contributed by atoms with van der Waals surface area (Å²) in [6.07, 6.45) is 10.4. The van der Waals surface area contributed by atoms with Crippen LogP contribution in [-0.2, 0) is 0 Å². The molecule has 1 aliphatic rings. The summed E-state index contributed by atoms with van der Waals surface area (Å²) < 4.78 is 0. The summed E-state index contributed by atoms with van der Waals surface area (Å²) in [5.74, 6) is 0.566. The van der Waals surface area contributed by atoms with Gasteiger partial charge in [-0.05, 0) is 38.7 Å². The quantitative estimate of drug-likeness (QED) is 0.552. The van der Waals surface area contributed by atoms with Gasteiger partial charge >= 0.3 is 0 Å². The van der Waals surface area contributed by atoms with Gasteiger partial charge in [-0.2, -0.15) is 0 Å². The van der Waals surface area contributed by atoms with Crippen LogP contribution in [0.3, 0.4) is 0 Å². The first kappa shape index (κ1) is 12.3. The summed E-state index contributed by atoms with van der Waals surface area (Å²) in [6.45, 7) is 3.79. The van der Waals surface area contributed by atoms with Gasteiger partial charge in [-0.25, -0.2) is 0 Å². The number of aliphatic hydroxyl groups is 2. The Morgan fingerprint density at radius 3 is 2.80 bits per heavy atom. The van der Waals surface area contributed by atoms with Crippen LogP contribution >= 0.6 is 0 Å². The van der Waals surface area contributed by atoms with Crippen LogP contribution in [-0.4, -0.2) is 15.8 Å². The average molecular weight is 210 g/mol. The van der Waals surface area contributed by atoms with Crippen LogP contribution in [0, 0.1) is 5.92 Å². The largest absolute Gasteiger partial charge is 0.512 e. The molecule has 0 radical (unpaired) electrons. The number of allylic oxidation sites excluding steroid dienone is 3. The molecule has 0 heterocycles. The van der Waals surface area contributed by atoms with Crippen molar-refractivity contribution in [1.82, 2.24) is 0 Å². The van der Waals surface area contributed by atoms with E-state index in [2.05, 4.69) is 12.2 Å². The molecule has 86 valence electrons. The van der Waals surface area contributed by atoms with E-state index < -0.39 is 5.60 Å². The van der Waals surface area contributed by atoms with Gasteiger partial charge in [-0.3, -0.25) is 0 Å². The third-order valence-corrected chi connectivity index (χ3v) is 2.90. The SMILES string of the molecule is CCCC(C)(O)/C=C(\O)C1CC=CCC1. The van der Waals surface area contributed by atoms with Crippen LogP contribution in [0.5, 0.6) is 0 Å².